The van der Waals surface area contributed by atoms with Crippen LogP contribution in [0.3, 0.4) is 0 Å². The van der Waals surface area contributed by atoms with Crippen LogP contribution in [0.15, 0.2) is 18.5 Å². The molecule has 5 nitrogen and oxygen atoms in total. The highest BCUT2D eigenvalue weighted by Gasteiger charge is 2.21. The van der Waals surface area contributed by atoms with Crippen molar-refractivity contribution in [3.05, 3.63) is 24.2 Å². The van der Waals surface area contributed by atoms with E-state index in [1.807, 2.05) is 4.57 Å². The summed E-state index contributed by atoms with van der Waals surface area (Å²) in [5.74, 6) is -0.0427. The largest absolute Gasteiger partial charge is 0.461 e. The van der Waals surface area contributed by atoms with Crippen molar-refractivity contribution in [3.8, 4) is 0 Å². The Morgan fingerprint density at radius 3 is 3.12 bits per heavy atom. The molecule has 0 saturated carbocycles. The van der Waals surface area contributed by atoms with Gasteiger partial charge in [-0.05, 0) is 26.2 Å². The molecule has 0 amide bonds. The second-order valence-electron chi connectivity index (χ2n) is 4.04. The molecule has 0 fully saturated rings. The highest BCUT2D eigenvalue weighted by molar-refractivity contribution is 5.92. The van der Waals surface area contributed by atoms with Crippen molar-refractivity contribution in [2.45, 2.75) is 32.2 Å². The zero-order valence-corrected chi connectivity index (χ0v) is 9.93. The van der Waals surface area contributed by atoms with Gasteiger partial charge in [0.1, 0.15) is 5.82 Å². The number of imidazole rings is 1. The van der Waals surface area contributed by atoms with Gasteiger partial charge in [-0.15, -0.1) is 0 Å². The average Bonchev–Trinajstić information content (AvgIpc) is 2.72. The van der Waals surface area contributed by atoms with Crippen LogP contribution in [0.2, 0.25) is 0 Å². The molecule has 0 saturated heterocycles. The molecule has 1 aliphatic rings. The van der Waals surface area contributed by atoms with Crippen LogP contribution in [0.5, 0.6) is 0 Å². The maximum absolute atomic E-state index is 11.6. The summed E-state index contributed by atoms with van der Waals surface area (Å²) in [6.07, 6.45) is 8.93. The van der Waals surface area contributed by atoms with E-state index in [2.05, 4.69) is 17.1 Å². The molecule has 0 spiro atoms. The zero-order chi connectivity index (χ0) is 12.3. The van der Waals surface area contributed by atoms with Crippen molar-refractivity contribution in [2.24, 2.45) is 0 Å². The van der Waals surface area contributed by atoms with Gasteiger partial charge in [-0.1, -0.05) is 12.2 Å². The van der Waals surface area contributed by atoms with E-state index in [0.29, 0.717) is 18.5 Å². The first kappa shape index (κ1) is 11.7. The number of hydrogen-bond acceptors (Lipinski definition) is 4. The van der Waals surface area contributed by atoms with E-state index in [4.69, 9.17) is 10.5 Å². The number of aromatic nitrogens is 2. The lowest BCUT2D eigenvalue weighted by atomic mass is 10.0. The molecular weight excluding hydrogens is 218 g/mol. The van der Waals surface area contributed by atoms with Crippen LogP contribution < -0.4 is 5.73 Å². The van der Waals surface area contributed by atoms with E-state index >= 15 is 0 Å². The van der Waals surface area contributed by atoms with Gasteiger partial charge in [-0.2, -0.15) is 0 Å². The number of esters is 1. The van der Waals surface area contributed by atoms with Gasteiger partial charge >= 0.3 is 5.97 Å². The minimum absolute atomic E-state index is 0.224. The van der Waals surface area contributed by atoms with E-state index in [-0.39, 0.29) is 5.69 Å². The number of anilines is 1. The van der Waals surface area contributed by atoms with Crippen molar-refractivity contribution in [1.82, 2.24) is 9.55 Å². The maximum atomic E-state index is 11.6. The molecule has 92 valence electrons. The predicted octanol–water partition coefficient (Wildman–Crippen LogP) is 1.92. The lowest BCUT2D eigenvalue weighted by molar-refractivity contribution is 0.0521. The highest BCUT2D eigenvalue weighted by atomic mass is 16.5. The van der Waals surface area contributed by atoms with Crippen LogP contribution >= 0.6 is 0 Å². The Bertz CT molecular complexity index is 437. The van der Waals surface area contributed by atoms with E-state index in [1.165, 1.54) is 0 Å². The standard InChI is InChI=1S/C12H17N3O2/c1-2-17-12(16)10-11(13)15(8-14-10)9-6-4-3-5-7-9/h3-4,8-9H,2,5-7,13H2,1H3. The molecule has 2 N–H and O–H groups in total. The summed E-state index contributed by atoms with van der Waals surface area (Å²) >= 11 is 0. The van der Waals surface area contributed by atoms with Gasteiger partial charge in [-0.3, -0.25) is 0 Å². The van der Waals surface area contributed by atoms with E-state index in [0.717, 1.165) is 19.3 Å². The molecule has 1 aromatic rings. The summed E-state index contributed by atoms with van der Waals surface area (Å²) in [6.45, 7) is 2.09. The number of rotatable bonds is 3. The Hall–Kier alpha value is -1.78. The Labute approximate surface area is 100 Å². The monoisotopic (exact) mass is 235 g/mol. The Kier molecular flexibility index (Phi) is 3.46. The molecule has 1 atom stereocenters. The van der Waals surface area contributed by atoms with Crippen molar-refractivity contribution >= 4 is 11.8 Å². The maximum Gasteiger partial charge on any atom is 0.360 e. The second-order valence-corrected chi connectivity index (χ2v) is 4.04. The third kappa shape index (κ3) is 2.33. The van der Waals surface area contributed by atoms with E-state index in [1.54, 1.807) is 13.3 Å². The summed E-state index contributed by atoms with van der Waals surface area (Å²) in [5.41, 5.74) is 6.16. The number of nitrogens with zero attached hydrogens (tertiary/aromatic N) is 2. The second kappa shape index (κ2) is 5.03. The van der Waals surface area contributed by atoms with Crippen molar-refractivity contribution < 1.29 is 9.53 Å². The number of carbonyl (C=O) groups excluding carboxylic acids is 1. The van der Waals surface area contributed by atoms with Gasteiger partial charge in [-0.25, -0.2) is 9.78 Å². The number of carbonyl (C=O) groups is 1. The topological polar surface area (TPSA) is 70.1 Å². The van der Waals surface area contributed by atoms with Gasteiger partial charge in [0.15, 0.2) is 5.69 Å². The molecule has 0 bridgehead atoms. The smallest absolute Gasteiger partial charge is 0.360 e. The third-order valence-electron chi connectivity index (χ3n) is 2.94. The normalized spacial score (nSPS) is 19.2. The van der Waals surface area contributed by atoms with Crippen LogP contribution in [0, 0.1) is 0 Å². The summed E-state index contributed by atoms with van der Waals surface area (Å²) in [5, 5.41) is 0. The Morgan fingerprint density at radius 1 is 1.65 bits per heavy atom. The number of ether oxygens (including phenoxy) is 1. The molecule has 5 heteroatoms. The molecule has 1 aliphatic carbocycles. The van der Waals surface area contributed by atoms with Crippen LogP contribution in [0.4, 0.5) is 5.82 Å². The molecular formula is C12H17N3O2. The van der Waals surface area contributed by atoms with Gasteiger partial charge in [0.25, 0.3) is 0 Å². The zero-order valence-electron chi connectivity index (χ0n) is 9.93. The molecule has 1 aromatic heterocycles. The quantitative estimate of drug-likeness (QED) is 0.642. The first-order valence-corrected chi connectivity index (χ1v) is 5.88. The average molecular weight is 235 g/mol. The Morgan fingerprint density at radius 2 is 2.47 bits per heavy atom. The molecule has 1 heterocycles. The van der Waals surface area contributed by atoms with Gasteiger partial charge in [0.05, 0.1) is 12.9 Å². The van der Waals surface area contributed by atoms with E-state index in [9.17, 15) is 4.79 Å². The molecule has 1 unspecified atom stereocenters. The van der Waals surface area contributed by atoms with Crippen molar-refractivity contribution in [3.63, 3.8) is 0 Å². The van der Waals surface area contributed by atoms with E-state index < -0.39 is 5.97 Å². The number of hydrogen-bond donors (Lipinski definition) is 1. The molecule has 0 aromatic carbocycles. The fraction of sp³-hybridized carbons (Fsp3) is 0.500. The van der Waals surface area contributed by atoms with Gasteiger partial charge < -0.3 is 15.0 Å². The molecule has 2 rings (SSSR count). The fourth-order valence-electron chi connectivity index (χ4n) is 2.05. The highest BCUT2D eigenvalue weighted by Crippen LogP contribution is 2.27. The number of allylic oxidation sites excluding steroid dienone is 2. The number of nitrogen functional groups attached to an aromatic ring is 1. The summed E-state index contributed by atoms with van der Waals surface area (Å²) in [6, 6.07) is 0.302. The molecule has 0 aliphatic heterocycles. The minimum atomic E-state index is -0.449. The van der Waals surface area contributed by atoms with Crippen LogP contribution in [0.1, 0.15) is 42.7 Å². The summed E-state index contributed by atoms with van der Waals surface area (Å²) in [7, 11) is 0. The minimum Gasteiger partial charge on any atom is -0.461 e. The Balaban J connectivity index is 2.20. The van der Waals surface area contributed by atoms with Gasteiger partial charge in [0.2, 0.25) is 0 Å². The summed E-state index contributed by atoms with van der Waals surface area (Å²) in [4.78, 5) is 15.6. The van der Waals surface area contributed by atoms with Gasteiger partial charge in [0, 0.05) is 6.04 Å². The fourth-order valence-corrected chi connectivity index (χ4v) is 2.05. The molecule has 17 heavy (non-hydrogen) atoms. The predicted molar refractivity (Wildman–Crippen MR) is 64.6 cm³/mol. The number of nitrogens with two attached hydrogens (primary N) is 1. The summed E-state index contributed by atoms with van der Waals surface area (Å²) < 4.78 is 6.77. The lowest BCUT2D eigenvalue weighted by Gasteiger charge is -2.20. The van der Waals surface area contributed by atoms with Crippen LogP contribution in [0.25, 0.3) is 0 Å². The lowest BCUT2D eigenvalue weighted by Crippen LogP contribution is -2.14. The SMILES string of the molecule is CCOC(=O)c1ncn(C2CC=CCC2)c1N. The van der Waals surface area contributed by atoms with Crippen LogP contribution in [-0.2, 0) is 4.74 Å². The van der Waals surface area contributed by atoms with Crippen molar-refractivity contribution in [1.29, 1.82) is 0 Å². The first-order valence-electron chi connectivity index (χ1n) is 5.88. The molecule has 0 radical (unpaired) electrons. The first-order chi connectivity index (χ1) is 8.24. The third-order valence-corrected chi connectivity index (χ3v) is 2.94. The van der Waals surface area contributed by atoms with Crippen molar-refractivity contribution in [2.75, 3.05) is 12.3 Å². The van der Waals surface area contributed by atoms with Crippen LogP contribution in [-0.4, -0.2) is 22.1 Å².